The Morgan fingerprint density at radius 1 is 0.957 bits per heavy atom. The van der Waals surface area contributed by atoms with Crippen LogP contribution >= 0.6 is 11.3 Å². The lowest BCUT2D eigenvalue weighted by molar-refractivity contribution is 0.201. The maximum absolute atomic E-state index is 10.2. The van der Waals surface area contributed by atoms with Crippen LogP contribution in [0, 0.1) is 0 Å². The van der Waals surface area contributed by atoms with Crippen LogP contribution in [0.4, 0.5) is 0 Å². The van der Waals surface area contributed by atoms with Crippen LogP contribution in [0.1, 0.15) is 16.5 Å². The van der Waals surface area contributed by atoms with Crippen molar-refractivity contribution in [1.29, 1.82) is 0 Å². The number of nitrogens with zero attached hydrogens (tertiary/aromatic N) is 1. The van der Waals surface area contributed by atoms with Crippen molar-refractivity contribution in [1.82, 2.24) is 10.2 Å². The Labute approximate surface area is 140 Å². The zero-order valence-corrected chi connectivity index (χ0v) is 13.7. The molecule has 0 aliphatic carbocycles. The van der Waals surface area contributed by atoms with E-state index >= 15 is 0 Å². The summed E-state index contributed by atoms with van der Waals surface area (Å²) in [7, 11) is 0. The first-order valence-electron chi connectivity index (χ1n) is 8.03. The normalized spacial score (nSPS) is 17.4. The molecule has 4 heteroatoms. The number of phenols is 1. The minimum absolute atomic E-state index is 0.252. The molecule has 4 rings (SSSR count). The average molecular weight is 324 g/mol. The van der Waals surface area contributed by atoms with Crippen LogP contribution in [0.15, 0.2) is 53.9 Å². The van der Waals surface area contributed by atoms with E-state index in [2.05, 4.69) is 45.9 Å². The fourth-order valence-electron chi connectivity index (χ4n) is 3.46. The predicted molar refractivity (Wildman–Crippen MR) is 96.2 cm³/mol. The van der Waals surface area contributed by atoms with Crippen molar-refractivity contribution < 1.29 is 5.11 Å². The van der Waals surface area contributed by atoms with E-state index in [1.54, 1.807) is 0 Å². The zero-order chi connectivity index (χ0) is 15.6. The van der Waals surface area contributed by atoms with E-state index in [4.69, 9.17) is 0 Å². The molecule has 0 unspecified atom stereocenters. The molecule has 0 amide bonds. The highest BCUT2D eigenvalue weighted by molar-refractivity contribution is 7.10. The summed E-state index contributed by atoms with van der Waals surface area (Å²) in [6, 6.07) is 16.7. The van der Waals surface area contributed by atoms with Crippen LogP contribution in [-0.4, -0.2) is 36.2 Å². The lowest BCUT2D eigenvalue weighted by Gasteiger charge is -2.35. The second kappa shape index (κ2) is 6.32. The lowest BCUT2D eigenvalue weighted by atomic mass is 9.95. The number of piperazine rings is 1. The summed E-state index contributed by atoms with van der Waals surface area (Å²) >= 11 is 1.81. The Morgan fingerprint density at radius 2 is 1.74 bits per heavy atom. The number of hydrogen-bond donors (Lipinski definition) is 2. The summed E-state index contributed by atoms with van der Waals surface area (Å²) in [5.74, 6) is 0.356. The number of phenolic OH excluding ortho intramolecular Hbond substituents is 1. The Balaban J connectivity index is 1.88. The number of nitrogens with one attached hydrogen (secondary N) is 1. The molecule has 3 aromatic rings. The quantitative estimate of drug-likeness (QED) is 0.773. The number of fused-ring (bicyclic) bond motifs is 1. The molecule has 118 valence electrons. The highest BCUT2D eigenvalue weighted by atomic mass is 32.1. The van der Waals surface area contributed by atoms with Crippen LogP contribution < -0.4 is 5.32 Å². The molecule has 0 spiro atoms. The van der Waals surface area contributed by atoms with Crippen molar-refractivity contribution in [3.63, 3.8) is 0 Å². The smallest absolute Gasteiger partial charge is 0.123 e. The van der Waals surface area contributed by atoms with Gasteiger partial charge in [0.05, 0.1) is 6.04 Å². The maximum Gasteiger partial charge on any atom is 0.123 e. The monoisotopic (exact) mass is 324 g/mol. The van der Waals surface area contributed by atoms with Crippen LogP contribution in [0.5, 0.6) is 5.75 Å². The number of aromatic hydroxyl groups is 1. The second-order valence-electron chi connectivity index (χ2n) is 5.92. The van der Waals surface area contributed by atoms with Crippen molar-refractivity contribution in [2.45, 2.75) is 6.04 Å². The fourth-order valence-corrected chi connectivity index (χ4v) is 4.34. The predicted octanol–water partition coefficient (Wildman–Crippen LogP) is 3.60. The molecule has 2 N–H and O–H groups in total. The fraction of sp³-hybridized carbons (Fsp3) is 0.263. The van der Waals surface area contributed by atoms with Gasteiger partial charge in [-0.05, 0) is 28.5 Å². The average Bonchev–Trinajstić information content (AvgIpc) is 3.13. The van der Waals surface area contributed by atoms with Gasteiger partial charge in [-0.25, -0.2) is 0 Å². The minimum Gasteiger partial charge on any atom is -0.507 e. The van der Waals surface area contributed by atoms with Gasteiger partial charge in [-0.2, -0.15) is 0 Å². The zero-order valence-electron chi connectivity index (χ0n) is 12.9. The second-order valence-corrected chi connectivity index (χ2v) is 6.90. The SMILES string of the molecule is Oc1ccc([C@H](c2cccs2)N2CCNCC2)c2ccccc12. The topological polar surface area (TPSA) is 35.5 Å². The van der Waals surface area contributed by atoms with Crippen molar-refractivity contribution in [3.05, 3.63) is 64.4 Å². The van der Waals surface area contributed by atoms with Gasteiger partial charge in [0.25, 0.3) is 0 Å². The third-order valence-electron chi connectivity index (χ3n) is 4.56. The van der Waals surface area contributed by atoms with Crippen molar-refractivity contribution in [2.75, 3.05) is 26.2 Å². The summed E-state index contributed by atoms with van der Waals surface area (Å²) in [6.45, 7) is 4.13. The first-order valence-corrected chi connectivity index (χ1v) is 8.91. The van der Waals surface area contributed by atoms with E-state index in [-0.39, 0.29) is 6.04 Å². The van der Waals surface area contributed by atoms with Gasteiger partial charge >= 0.3 is 0 Å². The molecule has 2 heterocycles. The largest absolute Gasteiger partial charge is 0.507 e. The van der Waals surface area contributed by atoms with E-state index < -0.39 is 0 Å². The first-order chi connectivity index (χ1) is 11.3. The number of thiophene rings is 1. The van der Waals surface area contributed by atoms with Crippen LogP contribution in [0.2, 0.25) is 0 Å². The van der Waals surface area contributed by atoms with Gasteiger partial charge in [-0.3, -0.25) is 4.90 Å². The van der Waals surface area contributed by atoms with E-state index in [1.165, 1.54) is 10.4 Å². The van der Waals surface area contributed by atoms with Crippen LogP contribution in [-0.2, 0) is 0 Å². The van der Waals surface area contributed by atoms with Gasteiger partial charge in [0.1, 0.15) is 5.75 Å². The van der Waals surface area contributed by atoms with Gasteiger partial charge in [0, 0.05) is 36.4 Å². The molecule has 0 radical (unpaired) electrons. The summed E-state index contributed by atoms with van der Waals surface area (Å²) in [4.78, 5) is 3.91. The van der Waals surface area contributed by atoms with Gasteiger partial charge in [-0.15, -0.1) is 11.3 Å². The number of benzene rings is 2. The molecule has 1 atom stereocenters. The number of rotatable bonds is 3. The van der Waals surface area contributed by atoms with E-state index in [1.807, 2.05) is 29.5 Å². The Kier molecular flexibility index (Phi) is 4.04. The molecule has 3 nitrogen and oxygen atoms in total. The molecule has 0 bridgehead atoms. The van der Waals surface area contributed by atoms with Crippen LogP contribution in [0.3, 0.4) is 0 Å². The van der Waals surface area contributed by atoms with Gasteiger partial charge < -0.3 is 10.4 Å². The molecule has 2 aromatic carbocycles. The lowest BCUT2D eigenvalue weighted by Crippen LogP contribution is -2.45. The van der Waals surface area contributed by atoms with Crippen molar-refractivity contribution >= 4 is 22.1 Å². The maximum atomic E-state index is 10.2. The summed E-state index contributed by atoms with van der Waals surface area (Å²) in [5.41, 5.74) is 1.28. The third-order valence-corrected chi connectivity index (χ3v) is 5.48. The first kappa shape index (κ1) is 14.7. The number of hydrogen-bond acceptors (Lipinski definition) is 4. The molecule has 1 aliphatic heterocycles. The molecule has 1 aliphatic rings. The van der Waals surface area contributed by atoms with Crippen molar-refractivity contribution in [2.24, 2.45) is 0 Å². The standard InChI is InChI=1S/C19H20N2OS/c22-17-8-7-16(14-4-1-2-5-15(14)17)19(18-6-3-13-23-18)21-11-9-20-10-12-21/h1-8,13,19-20,22H,9-12H2/t19-/m1/s1. The molecule has 23 heavy (non-hydrogen) atoms. The Hall–Kier alpha value is -1.88. The molecule has 0 saturated carbocycles. The molecular weight excluding hydrogens is 304 g/mol. The van der Waals surface area contributed by atoms with Gasteiger partial charge in [0.2, 0.25) is 0 Å². The van der Waals surface area contributed by atoms with E-state index in [0.717, 1.165) is 37.0 Å². The molecular formula is C19H20N2OS. The summed E-state index contributed by atoms with van der Waals surface area (Å²) in [5, 5.41) is 17.9. The Morgan fingerprint density at radius 3 is 2.48 bits per heavy atom. The van der Waals surface area contributed by atoms with Gasteiger partial charge in [0.15, 0.2) is 0 Å². The Bertz CT molecular complexity index is 794. The molecule has 1 aromatic heterocycles. The van der Waals surface area contributed by atoms with E-state index in [0.29, 0.717) is 5.75 Å². The highest BCUT2D eigenvalue weighted by Crippen LogP contribution is 2.38. The van der Waals surface area contributed by atoms with Crippen molar-refractivity contribution in [3.8, 4) is 5.75 Å². The molecule has 1 fully saturated rings. The van der Waals surface area contributed by atoms with Crippen LogP contribution in [0.25, 0.3) is 10.8 Å². The van der Waals surface area contributed by atoms with Gasteiger partial charge in [-0.1, -0.05) is 36.4 Å². The summed E-state index contributed by atoms with van der Waals surface area (Å²) in [6.07, 6.45) is 0. The summed E-state index contributed by atoms with van der Waals surface area (Å²) < 4.78 is 0. The highest BCUT2D eigenvalue weighted by Gasteiger charge is 2.26. The molecule has 1 saturated heterocycles. The van der Waals surface area contributed by atoms with E-state index in [9.17, 15) is 5.11 Å². The minimum atomic E-state index is 0.252. The third kappa shape index (κ3) is 2.74.